The second-order valence-electron chi connectivity index (χ2n) is 4.46. The molecule has 4 heteroatoms. The van der Waals surface area contributed by atoms with Crippen molar-refractivity contribution in [3.05, 3.63) is 64.6 Å². The van der Waals surface area contributed by atoms with Crippen LogP contribution >= 0.6 is 11.3 Å². The molecule has 0 radical (unpaired) electrons. The van der Waals surface area contributed by atoms with E-state index in [0.717, 1.165) is 27.8 Å². The molecule has 2 aromatic carbocycles. The summed E-state index contributed by atoms with van der Waals surface area (Å²) in [5.74, 6) is -0.0293. The van der Waals surface area contributed by atoms with Crippen LogP contribution in [-0.4, -0.2) is 17.4 Å². The average Bonchev–Trinajstić information content (AvgIpc) is 3.00. The van der Waals surface area contributed by atoms with Gasteiger partial charge < -0.3 is 5.32 Å². The number of nitrogens with one attached hydrogen (secondary N) is 1. The van der Waals surface area contributed by atoms with E-state index in [1.807, 2.05) is 47.8 Å². The Hall–Kier alpha value is -2.20. The lowest BCUT2D eigenvalue weighted by atomic mass is 10.0. The van der Waals surface area contributed by atoms with Crippen molar-refractivity contribution in [2.24, 2.45) is 0 Å². The fourth-order valence-corrected chi connectivity index (χ4v) is 2.80. The highest BCUT2D eigenvalue weighted by Gasteiger charge is 2.09. The first-order chi connectivity index (χ1) is 9.84. The van der Waals surface area contributed by atoms with Gasteiger partial charge in [0.1, 0.15) is 0 Å². The molecular weight excluding hydrogens is 268 g/mol. The number of fused-ring (bicyclic) bond motifs is 1. The number of benzene rings is 2. The van der Waals surface area contributed by atoms with E-state index in [9.17, 15) is 4.79 Å². The van der Waals surface area contributed by atoms with E-state index in [4.69, 9.17) is 0 Å². The second-order valence-corrected chi connectivity index (χ2v) is 5.44. The lowest BCUT2D eigenvalue weighted by Gasteiger charge is -2.07. The third-order valence-corrected chi connectivity index (χ3v) is 3.98. The number of hydrogen-bond acceptors (Lipinski definition) is 3. The molecular formula is C16H14N2OS. The number of amides is 1. The van der Waals surface area contributed by atoms with Gasteiger partial charge in [-0.3, -0.25) is 4.79 Å². The van der Waals surface area contributed by atoms with E-state index in [-0.39, 0.29) is 5.91 Å². The number of rotatable bonds is 4. The van der Waals surface area contributed by atoms with Crippen LogP contribution in [0.25, 0.3) is 10.8 Å². The third kappa shape index (κ3) is 2.70. The monoisotopic (exact) mass is 282 g/mol. The topological polar surface area (TPSA) is 42.0 Å². The van der Waals surface area contributed by atoms with E-state index in [1.54, 1.807) is 17.5 Å². The molecule has 20 heavy (non-hydrogen) atoms. The molecule has 3 aromatic rings. The molecule has 1 N–H and O–H groups in total. The molecule has 0 saturated heterocycles. The summed E-state index contributed by atoms with van der Waals surface area (Å²) < 4.78 is 0. The number of carbonyl (C=O) groups excluding carboxylic acids is 1. The van der Waals surface area contributed by atoms with Gasteiger partial charge in [-0.05, 0) is 16.8 Å². The quantitative estimate of drug-likeness (QED) is 0.798. The largest absolute Gasteiger partial charge is 0.352 e. The number of carbonyl (C=O) groups is 1. The molecule has 3 rings (SSSR count). The van der Waals surface area contributed by atoms with Crippen LogP contribution in [0.1, 0.15) is 15.4 Å². The summed E-state index contributed by atoms with van der Waals surface area (Å²) in [6.07, 6.45) is 2.56. The Morgan fingerprint density at radius 3 is 2.85 bits per heavy atom. The fraction of sp³-hybridized carbons (Fsp3) is 0.125. The van der Waals surface area contributed by atoms with E-state index >= 15 is 0 Å². The first-order valence-electron chi connectivity index (χ1n) is 6.49. The minimum Gasteiger partial charge on any atom is -0.352 e. The van der Waals surface area contributed by atoms with Gasteiger partial charge in [0.05, 0.1) is 5.01 Å². The highest BCUT2D eigenvalue weighted by molar-refractivity contribution is 7.09. The van der Waals surface area contributed by atoms with Gasteiger partial charge in [0.2, 0.25) is 0 Å². The minimum atomic E-state index is -0.0293. The Bertz CT molecular complexity index is 717. The second kappa shape index (κ2) is 5.84. The van der Waals surface area contributed by atoms with Crippen molar-refractivity contribution in [2.45, 2.75) is 6.42 Å². The van der Waals surface area contributed by atoms with Crippen LogP contribution in [-0.2, 0) is 6.42 Å². The molecule has 1 aromatic heterocycles. The predicted molar refractivity (Wildman–Crippen MR) is 82.1 cm³/mol. The molecule has 0 aliphatic carbocycles. The summed E-state index contributed by atoms with van der Waals surface area (Å²) in [6, 6.07) is 13.7. The zero-order valence-corrected chi connectivity index (χ0v) is 11.7. The Balaban J connectivity index is 1.72. The van der Waals surface area contributed by atoms with Gasteiger partial charge in [0, 0.05) is 30.1 Å². The zero-order chi connectivity index (χ0) is 13.8. The molecule has 100 valence electrons. The lowest BCUT2D eigenvalue weighted by Crippen LogP contribution is -2.25. The Labute approximate surface area is 121 Å². The van der Waals surface area contributed by atoms with Gasteiger partial charge in [-0.1, -0.05) is 36.4 Å². The van der Waals surface area contributed by atoms with Crippen molar-refractivity contribution in [2.75, 3.05) is 6.54 Å². The highest BCUT2D eigenvalue weighted by atomic mass is 32.1. The molecule has 0 atom stereocenters. The van der Waals surface area contributed by atoms with Gasteiger partial charge in [-0.25, -0.2) is 4.98 Å². The molecule has 0 spiro atoms. The van der Waals surface area contributed by atoms with Gasteiger partial charge >= 0.3 is 0 Å². The van der Waals surface area contributed by atoms with Crippen molar-refractivity contribution in [3.8, 4) is 0 Å². The average molecular weight is 282 g/mol. The van der Waals surface area contributed by atoms with Crippen LogP contribution in [0.4, 0.5) is 0 Å². The van der Waals surface area contributed by atoms with Gasteiger partial charge in [0.25, 0.3) is 5.91 Å². The van der Waals surface area contributed by atoms with Crippen molar-refractivity contribution in [1.82, 2.24) is 10.3 Å². The molecule has 0 bridgehead atoms. The summed E-state index contributed by atoms with van der Waals surface area (Å²) in [4.78, 5) is 16.5. The smallest absolute Gasteiger partial charge is 0.251 e. The molecule has 1 amide bonds. The lowest BCUT2D eigenvalue weighted by molar-refractivity contribution is 0.0956. The summed E-state index contributed by atoms with van der Waals surface area (Å²) >= 11 is 1.61. The van der Waals surface area contributed by atoms with Crippen molar-refractivity contribution in [3.63, 3.8) is 0 Å². The first kappa shape index (κ1) is 12.8. The van der Waals surface area contributed by atoms with Crippen LogP contribution in [0.2, 0.25) is 0 Å². The van der Waals surface area contributed by atoms with Crippen LogP contribution in [0.5, 0.6) is 0 Å². The molecule has 0 fully saturated rings. The van der Waals surface area contributed by atoms with E-state index < -0.39 is 0 Å². The maximum Gasteiger partial charge on any atom is 0.251 e. The van der Waals surface area contributed by atoms with Gasteiger partial charge in [-0.2, -0.15) is 0 Å². The normalized spacial score (nSPS) is 10.6. The Morgan fingerprint density at radius 2 is 2.00 bits per heavy atom. The van der Waals surface area contributed by atoms with Crippen molar-refractivity contribution in [1.29, 1.82) is 0 Å². The van der Waals surface area contributed by atoms with Crippen LogP contribution in [0.3, 0.4) is 0 Å². The number of nitrogens with zero attached hydrogens (tertiary/aromatic N) is 1. The highest BCUT2D eigenvalue weighted by Crippen LogP contribution is 2.18. The van der Waals surface area contributed by atoms with Gasteiger partial charge in [-0.15, -0.1) is 11.3 Å². The minimum absolute atomic E-state index is 0.0293. The fourth-order valence-electron chi connectivity index (χ4n) is 2.18. The number of hydrogen-bond donors (Lipinski definition) is 1. The number of aromatic nitrogens is 1. The molecule has 0 aliphatic rings. The van der Waals surface area contributed by atoms with E-state index in [2.05, 4.69) is 10.3 Å². The van der Waals surface area contributed by atoms with Crippen molar-refractivity contribution >= 4 is 28.0 Å². The maximum absolute atomic E-state index is 12.3. The maximum atomic E-state index is 12.3. The summed E-state index contributed by atoms with van der Waals surface area (Å²) in [5.41, 5.74) is 0.724. The third-order valence-electron chi connectivity index (χ3n) is 3.14. The Morgan fingerprint density at radius 1 is 1.15 bits per heavy atom. The SMILES string of the molecule is O=C(NCCc1nccs1)c1cccc2ccccc12. The van der Waals surface area contributed by atoms with Crippen molar-refractivity contribution < 1.29 is 4.79 Å². The van der Waals surface area contributed by atoms with Crippen LogP contribution < -0.4 is 5.32 Å². The van der Waals surface area contributed by atoms with E-state index in [0.29, 0.717) is 6.54 Å². The molecule has 0 unspecified atom stereocenters. The summed E-state index contributed by atoms with van der Waals surface area (Å²) in [6.45, 7) is 0.607. The zero-order valence-electron chi connectivity index (χ0n) is 10.9. The summed E-state index contributed by atoms with van der Waals surface area (Å²) in [5, 5.41) is 8.02. The number of thiazole rings is 1. The standard InChI is InChI=1S/C16H14N2OS/c19-16(18-9-8-15-17-10-11-20-15)14-7-3-5-12-4-1-2-6-13(12)14/h1-7,10-11H,8-9H2,(H,18,19). The summed E-state index contributed by atoms with van der Waals surface area (Å²) in [7, 11) is 0. The molecule has 1 heterocycles. The van der Waals surface area contributed by atoms with Gasteiger partial charge in [0.15, 0.2) is 0 Å². The van der Waals surface area contributed by atoms with E-state index in [1.165, 1.54) is 0 Å². The molecule has 3 nitrogen and oxygen atoms in total. The Kier molecular flexibility index (Phi) is 3.74. The van der Waals surface area contributed by atoms with Crippen LogP contribution in [0, 0.1) is 0 Å². The molecule has 0 aliphatic heterocycles. The molecule has 0 saturated carbocycles. The first-order valence-corrected chi connectivity index (χ1v) is 7.37. The van der Waals surface area contributed by atoms with Crippen LogP contribution in [0.15, 0.2) is 54.0 Å². The predicted octanol–water partition coefficient (Wildman–Crippen LogP) is 3.27.